The molecule has 0 saturated carbocycles. The van der Waals surface area contributed by atoms with Gasteiger partial charge in [0.05, 0.1) is 18.1 Å². The van der Waals surface area contributed by atoms with Gasteiger partial charge in [-0.1, -0.05) is 24.3 Å². The summed E-state index contributed by atoms with van der Waals surface area (Å²) in [6, 6.07) is 14.1. The van der Waals surface area contributed by atoms with Crippen LogP contribution in [-0.2, 0) is 27.9 Å². The minimum absolute atomic E-state index is 0.200. The zero-order valence-corrected chi connectivity index (χ0v) is 19.4. The van der Waals surface area contributed by atoms with E-state index in [4.69, 9.17) is 9.47 Å². The van der Waals surface area contributed by atoms with Crippen LogP contribution in [0.3, 0.4) is 0 Å². The molecule has 0 atom stereocenters. The Morgan fingerprint density at radius 2 is 1.59 bits per heavy atom. The highest BCUT2D eigenvalue weighted by Crippen LogP contribution is 2.21. The van der Waals surface area contributed by atoms with Crippen LogP contribution in [0, 0.1) is 0 Å². The Bertz CT molecular complexity index is 987. The van der Waals surface area contributed by atoms with Crippen LogP contribution < -0.4 is 10.1 Å². The van der Waals surface area contributed by atoms with E-state index >= 15 is 0 Å². The molecule has 2 aromatic rings. The molecule has 0 aliphatic carbocycles. The van der Waals surface area contributed by atoms with Crippen LogP contribution in [0.2, 0.25) is 0 Å². The van der Waals surface area contributed by atoms with Crippen LogP contribution in [0.1, 0.15) is 25.0 Å². The number of hydrogen-bond donors (Lipinski definition) is 1. The largest absolute Gasteiger partial charge is 0.494 e. The molecule has 1 N–H and O–H groups in total. The number of benzene rings is 2. The zero-order valence-electron chi connectivity index (χ0n) is 18.6. The van der Waals surface area contributed by atoms with Gasteiger partial charge >= 0.3 is 6.03 Å². The van der Waals surface area contributed by atoms with Crippen molar-refractivity contribution in [3.8, 4) is 5.75 Å². The SMILES string of the molecule is CCOCc1ccccc1CNC(=O)N1CCN(S(=O)(=O)c2ccc(OCC)cc2)CC1. The van der Waals surface area contributed by atoms with Gasteiger partial charge in [-0.25, -0.2) is 13.2 Å². The summed E-state index contributed by atoms with van der Waals surface area (Å²) in [6.45, 7) is 7.05. The fraction of sp³-hybridized carbons (Fsp3) is 0.435. The van der Waals surface area contributed by atoms with Gasteiger partial charge in [0.2, 0.25) is 10.0 Å². The highest BCUT2D eigenvalue weighted by Gasteiger charge is 2.30. The second-order valence-electron chi connectivity index (χ2n) is 7.36. The minimum Gasteiger partial charge on any atom is -0.494 e. The monoisotopic (exact) mass is 461 g/mol. The zero-order chi connectivity index (χ0) is 23.0. The summed E-state index contributed by atoms with van der Waals surface area (Å²) in [5.74, 6) is 0.635. The maximum absolute atomic E-state index is 12.9. The van der Waals surface area contributed by atoms with E-state index < -0.39 is 10.0 Å². The predicted molar refractivity (Wildman–Crippen MR) is 122 cm³/mol. The molecule has 0 radical (unpaired) electrons. The maximum Gasteiger partial charge on any atom is 0.317 e. The number of carbonyl (C=O) groups excluding carboxylic acids is 1. The molecule has 1 aliphatic heterocycles. The Kier molecular flexibility index (Phi) is 8.49. The number of nitrogens with one attached hydrogen (secondary N) is 1. The number of urea groups is 1. The van der Waals surface area contributed by atoms with Crippen molar-refractivity contribution in [2.24, 2.45) is 0 Å². The van der Waals surface area contributed by atoms with Gasteiger partial charge in [0.1, 0.15) is 5.75 Å². The molecule has 0 spiro atoms. The first-order chi connectivity index (χ1) is 15.5. The van der Waals surface area contributed by atoms with Crippen LogP contribution >= 0.6 is 0 Å². The standard InChI is InChI=1S/C23H31N3O5S/c1-3-30-18-20-8-6-5-7-19(20)17-24-23(27)25-13-15-26(16-14-25)32(28,29)22-11-9-21(10-12-22)31-4-2/h5-12H,3-4,13-18H2,1-2H3,(H,24,27). The summed E-state index contributed by atoms with van der Waals surface area (Å²) in [4.78, 5) is 14.5. The number of amides is 2. The van der Waals surface area contributed by atoms with E-state index in [-0.39, 0.29) is 24.0 Å². The fourth-order valence-electron chi connectivity index (χ4n) is 3.52. The number of nitrogens with zero attached hydrogens (tertiary/aromatic N) is 2. The fourth-order valence-corrected chi connectivity index (χ4v) is 4.94. The summed E-state index contributed by atoms with van der Waals surface area (Å²) in [5, 5.41) is 2.94. The average molecular weight is 462 g/mol. The Hall–Kier alpha value is -2.62. The molecular formula is C23H31N3O5S. The molecule has 8 nitrogen and oxygen atoms in total. The lowest BCUT2D eigenvalue weighted by Gasteiger charge is -2.34. The highest BCUT2D eigenvalue weighted by molar-refractivity contribution is 7.89. The van der Waals surface area contributed by atoms with Crippen molar-refractivity contribution in [1.82, 2.24) is 14.5 Å². The normalized spacial score (nSPS) is 14.9. The van der Waals surface area contributed by atoms with Crippen LogP contribution in [0.5, 0.6) is 5.75 Å². The van der Waals surface area contributed by atoms with Gasteiger partial charge in [-0.15, -0.1) is 0 Å². The number of carbonyl (C=O) groups is 1. The molecule has 1 saturated heterocycles. The van der Waals surface area contributed by atoms with Crippen molar-refractivity contribution in [3.05, 3.63) is 59.7 Å². The molecule has 32 heavy (non-hydrogen) atoms. The highest BCUT2D eigenvalue weighted by atomic mass is 32.2. The molecule has 0 aromatic heterocycles. The minimum atomic E-state index is -3.61. The van der Waals surface area contributed by atoms with Crippen molar-refractivity contribution in [2.75, 3.05) is 39.4 Å². The third kappa shape index (κ3) is 5.99. The number of sulfonamides is 1. The van der Waals surface area contributed by atoms with Crippen LogP contribution in [0.15, 0.2) is 53.4 Å². The predicted octanol–water partition coefficient (Wildman–Crippen LogP) is 2.84. The first kappa shape index (κ1) is 24.0. The van der Waals surface area contributed by atoms with Gasteiger partial charge in [0, 0.05) is 39.3 Å². The van der Waals surface area contributed by atoms with Gasteiger partial charge in [-0.2, -0.15) is 4.31 Å². The first-order valence-electron chi connectivity index (χ1n) is 10.9. The number of ether oxygens (including phenoxy) is 2. The topological polar surface area (TPSA) is 88.2 Å². The van der Waals surface area contributed by atoms with Gasteiger partial charge in [0.15, 0.2) is 0 Å². The Morgan fingerprint density at radius 3 is 2.22 bits per heavy atom. The summed E-state index contributed by atoms with van der Waals surface area (Å²) in [7, 11) is -3.61. The van der Waals surface area contributed by atoms with E-state index in [2.05, 4.69) is 5.32 Å². The quantitative estimate of drug-likeness (QED) is 0.620. The van der Waals surface area contributed by atoms with Crippen LogP contribution in [0.25, 0.3) is 0 Å². The molecule has 3 rings (SSSR count). The van der Waals surface area contributed by atoms with Gasteiger partial charge in [0.25, 0.3) is 0 Å². The van der Waals surface area contributed by atoms with E-state index in [1.54, 1.807) is 29.2 Å². The van der Waals surface area contributed by atoms with E-state index in [0.717, 1.165) is 11.1 Å². The molecule has 1 fully saturated rings. The summed E-state index contributed by atoms with van der Waals surface area (Å²) in [6.07, 6.45) is 0. The first-order valence-corrected chi connectivity index (χ1v) is 12.3. The van der Waals surface area contributed by atoms with Gasteiger partial charge in [-0.05, 0) is 49.2 Å². The lowest BCUT2D eigenvalue weighted by Crippen LogP contribution is -2.53. The summed E-state index contributed by atoms with van der Waals surface area (Å²) < 4.78 is 38.1. The second-order valence-corrected chi connectivity index (χ2v) is 9.30. The molecule has 0 bridgehead atoms. The van der Waals surface area contributed by atoms with Gasteiger partial charge in [-0.3, -0.25) is 0 Å². The van der Waals surface area contributed by atoms with Crippen molar-refractivity contribution >= 4 is 16.1 Å². The molecular weight excluding hydrogens is 430 g/mol. The van der Waals surface area contributed by atoms with E-state index in [0.29, 0.717) is 45.2 Å². The third-order valence-electron chi connectivity index (χ3n) is 5.31. The molecule has 2 amide bonds. The Morgan fingerprint density at radius 1 is 0.938 bits per heavy atom. The van der Waals surface area contributed by atoms with Crippen LogP contribution in [-0.4, -0.2) is 63.0 Å². The summed E-state index contributed by atoms with van der Waals surface area (Å²) >= 11 is 0. The van der Waals surface area contributed by atoms with Crippen molar-refractivity contribution in [1.29, 1.82) is 0 Å². The van der Waals surface area contributed by atoms with Crippen molar-refractivity contribution in [3.63, 3.8) is 0 Å². The van der Waals surface area contributed by atoms with Gasteiger partial charge < -0.3 is 19.7 Å². The smallest absolute Gasteiger partial charge is 0.317 e. The molecule has 1 aliphatic rings. The Labute approximate surface area is 190 Å². The lowest BCUT2D eigenvalue weighted by atomic mass is 10.1. The second kappa shape index (κ2) is 11.3. The van der Waals surface area contributed by atoms with E-state index in [1.807, 2.05) is 38.1 Å². The lowest BCUT2D eigenvalue weighted by molar-refractivity contribution is 0.133. The Balaban J connectivity index is 1.53. The van der Waals surface area contributed by atoms with Crippen molar-refractivity contribution in [2.45, 2.75) is 31.9 Å². The number of rotatable bonds is 9. The van der Waals surface area contributed by atoms with Crippen LogP contribution in [0.4, 0.5) is 4.79 Å². The number of piperazine rings is 1. The summed E-state index contributed by atoms with van der Waals surface area (Å²) in [5.41, 5.74) is 2.05. The number of hydrogen-bond acceptors (Lipinski definition) is 5. The molecule has 1 heterocycles. The molecule has 2 aromatic carbocycles. The molecule has 9 heteroatoms. The molecule has 0 unspecified atom stereocenters. The van der Waals surface area contributed by atoms with E-state index in [9.17, 15) is 13.2 Å². The van der Waals surface area contributed by atoms with E-state index in [1.165, 1.54) is 4.31 Å². The average Bonchev–Trinajstić information content (AvgIpc) is 2.82. The third-order valence-corrected chi connectivity index (χ3v) is 7.22. The van der Waals surface area contributed by atoms with Crippen molar-refractivity contribution < 1.29 is 22.7 Å². The molecule has 174 valence electrons. The maximum atomic E-state index is 12.9.